The molecule has 4 saturated heterocycles. The molecule has 4 fully saturated rings. The van der Waals surface area contributed by atoms with Gasteiger partial charge in [0.2, 0.25) is 5.91 Å². The highest BCUT2D eigenvalue weighted by atomic mass is 16.5. The molecule has 0 radical (unpaired) electrons. The fraction of sp³-hybridized carbons (Fsp3) is 0.327. The lowest BCUT2D eigenvalue weighted by atomic mass is 10.00. The van der Waals surface area contributed by atoms with Gasteiger partial charge in [0.05, 0.1) is 41.3 Å². The molecule has 64 heavy (non-hydrogen) atoms. The van der Waals surface area contributed by atoms with E-state index in [0.29, 0.717) is 24.2 Å². The van der Waals surface area contributed by atoms with Gasteiger partial charge in [-0.2, -0.15) is 0 Å². The Hall–Kier alpha value is -6.79. The number of imidazole rings is 2. The molecule has 5 aromatic carbocycles. The quantitative estimate of drug-likeness (QED) is 0.125. The van der Waals surface area contributed by atoms with Crippen molar-refractivity contribution in [3.05, 3.63) is 144 Å². The van der Waals surface area contributed by atoms with Crippen molar-refractivity contribution in [1.29, 1.82) is 0 Å². The minimum Gasteiger partial charge on any atom is -0.453 e. The molecule has 12 heteroatoms. The standard InChI is InChI=1S/C52H52N8O4/c1-64-52(63)57-46(34-10-4-2-5-11-34)50(61)58-28-8-14-44(58)48-53-40-26-20-36(30-42(40)55-48)32-16-18-33(19-17-32)37-21-27-41-43(31-37)56-49(54-41)45-15-9-29-59(45)51(62)47(35-12-6-3-7-13-35)60-38-22-23-39(60)25-24-38/h2-7,10-13,16-21,26-27,30-31,38-39,44-47H,8-9,14-15,22-25,28-29H2,1H3,(H,53,55)(H,54,56)(H,57,63)/t38?,39?,44-,45+,46?,47?/m1/s1. The zero-order valence-electron chi connectivity index (χ0n) is 36.0. The predicted octanol–water partition coefficient (Wildman–Crippen LogP) is 9.57. The lowest BCUT2D eigenvalue weighted by molar-refractivity contribution is -0.139. The number of likely N-dealkylation sites (tertiary alicyclic amines) is 2. The van der Waals surface area contributed by atoms with E-state index in [1.54, 1.807) is 0 Å². The minimum absolute atomic E-state index is 0.0840. The molecule has 3 amide bonds. The minimum atomic E-state index is -0.875. The van der Waals surface area contributed by atoms with Gasteiger partial charge in [-0.1, -0.05) is 97.1 Å². The molecule has 2 bridgehead atoms. The topological polar surface area (TPSA) is 140 Å². The third kappa shape index (κ3) is 7.29. The number of nitrogens with zero attached hydrogens (tertiary/aromatic N) is 5. The predicted molar refractivity (Wildman–Crippen MR) is 246 cm³/mol. The lowest BCUT2D eigenvalue weighted by Gasteiger charge is -2.35. The third-order valence-corrected chi connectivity index (χ3v) is 14.2. The number of carbonyl (C=O) groups is 3. The van der Waals surface area contributed by atoms with Crippen molar-refractivity contribution in [2.45, 2.75) is 87.6 Å². The number of aromatic nitrogens is 4. The Morgan fingerprint density at radius 1 is 0.594 bits per heavy atom. The van der Waals surface area contributed by atoms with Crippen LogP contribution in [0.2, 0.25) is 0 Å². The highest BCUT2D eigenvalue weighted by molar-refractivity contribution is 5.89. The van der Waals surface area contributed by atoms with E-state index in [1.807, 2.05) is 47.4 Å². The van der Waals surface area contributed by atoms with Crippen molar-refractivity contribution in [3.8, 4) is 22.3 Å². The van der Waals surface area contributed by atoms with E-state index >= 15 is 0 Å². The van der Waals surface area contributed by atoms with E-state index in [-0.39, 0.29) is 29.9 Å². The summed E-state index contributed by atoms with van der Waals surface area (Å²) in [6.45, 7) is 1.31. The zero-order chi connectivity index (χ0) is 43.3. The van der Waals surface area contributed by atoms with E-state index in [9.17, 15) is 14.4 Å². The van der Waals surface area contributed by atoms with Crippen molar-refractivity contribution in [1.82, 2.24) is 40.0 Å². The molecule has 7 aromatic rings. The molecule has 0 aliphatic carbocycles. The molecule has 6 heterocycles. The number of aromatic amines is 2. The van der Waals surface area contributed by atoms with Crippen LogP contribution in [0, 0.1) is 0 Å². The van der Waals surface area contributed by atoms with Crippen LogP contribution < -0.4 is 5.32 Å². The molecule has 2 aromatic heterocycles. The summed E-state index contributed by atoms with van der Waals surface area (Å²) >= 11 is 0. The summed E-state index contributed by atoms with van der Waals surface area (Å²) in [4.78, 5) is 64.7. The Morgan fingerprint density at radius 2 is 1.06 bits per heavy atom. The summed E-state index contributed by atoms with van der Waals surface area (Å²) in [5, 5.41) is 2.74. The molecule has 0 spiro atoms. The van der Waals surface area contributed by atoms with E-state index < -0.39 is 12.1 Å². The molecule has 11 rings (SSSR count). The highest BCUT2D eigenvalue weighted by Crippen LogP contribution is 2.45. The van der Waals surface area contributed by atoms with E-state index in [0.717, 1.165) is 93.8 Å². The number of hydrogen-bond acceptors (Lipinski definition) is 7. The average Bonchev–Trinajstić information content (AvgIpc) is 4.22. The number of ether oxygens (including phenoxy) is 1. The van der Waals surface area contributed by atoms with Crippen LogP contribution in [0.15, 0.2) is 121 Å². The van der Waals surface area contributed by atoms with Gasteiger partial charge in [-0.25, -0.2) is 14.8 Å². The van der Waals surface area contributed by atoms with Crippen LogP contribution >= 0.6 is 0 Å². The molecule has 2 unspecified atom stereocenters. The number of amides is 3. The average molecular weight is 853 g/mol. The fourth-order valence-electron chi connectivity index (χ4n) is 11.1. The van der Waals surface area contributed by atoms with Crippen molar-refractivity contribution in [3.63, 3.8) is 0 Å². The summed E-state index contributed by atoms with van der Waals surface area (Å²) in [7, 11) is 1.29. The van der Waals surface area contributed by atoms with Crippen LogP contribution in [0.1, 0.15) is 98.3 Å². The van der Waals surface area contributed by atoms with Gasteiger partial charge in [0, 0.05) is 25.2 Å². The number of benzene rings is 5. The van der Waals surface area contributed by atoms with E-state index in [2.05, 4.69) is 104 Å². The maximum atomic E-state index is 14.7. The van der Waals surface area contributed by atoms with Crippen molar-refractivity contribution < 1.29 is 19.1 Å². The number of hydrogen-bond donors (Lipinski definition) is 3. The molecular formula is C52H52N8O4. The number of rotatable bonds is 10. The number of alkyl carbamates (subject to hydrolysis) is 1. The normalized spacial score (nSPS) is 21.8. The van der Waals surface area contributed by atoms with Crippen molar-refractivity contribution in [2.75, 3.05) is 20.2 Å². The summed E-state index contributed by atoms with van der Waals surface area (Å²) in [6, 6.07) is 40.3. The second kappa shape index (κ2) is 16.7. The smallest absolute Gasteiger partial charge is 0.407 e. The fourth-order valence-corrected chi connectivity index (χ4v) is 11.1. The Labute approximate surface area is 372 Å². The van der Waals surface area contributed by atoms with Gasteiger partial charge in [-0.15, -0.1) is 0 Å². The van der Waals surface area contributed by atoms with Crippen LogP contribution in [-0.4, -0.2) is 84.8 Å². The first kappa shape index (κ1) is 40.0. The van der Waals surface area contributed by atoms with Gasteiger partial charge in [0.15, 0.2) is 0 Å². The van der Waals surface area contributed by atoms with Crippen molar-refractivity contribution in [2.24, 2.45) is 0 Å². The van der Waals surface area contributed by atoms with Crippen LogP contribution in [0.5, 0.6) is 0 Å². The Balaban J connectivity index is 0.802. The van der Waals surface area contributed by atoms with Gasteiger partial charge >= 0.3 is 6.09 Å². The first-order valence-corrected chi connectivity index (χ1v) is 22.8. The summed E-state index contributed by atoms with van der Waals surface area (Å²) in [5.41, 5.74) is 9.68. The van der Waals surface area contributed by atoms with Gasteiger partial charge < -0.3 is 29.8 Å². The van der Waals surface area contributed by atoms with E-state index in [4.69, 9.17) is 14.7 Å². The molecule has 4 aliphatic rings. The molecular weight excluding hydrogens is 801 g/mol. The van der Waals surface area contributed by atoms with Gasteiger partial charge in [0.25, 0.3) is 5.91 Å². The second-order valence-corrected chi connectivity index (χ2v) is 17.9. The molecule has 3 N–H and O–H groups in total. The lowest BCUT2D eigenvalue weighted by Crippen LogP contribution is -2.45. The van der Waals surface area contributed by atoms with Crippen molar-refractivity contribution >= 4 is 40.0 Å². The first-order chi connectivity index (χ1) is 31.4. The Morgan fingerprint density at radius 3 is 1.56 bits per heavy atom. The monoisotopic (exact) mass is 852 g/mol. The maximum Gasteiger partial charge on any atom is 0.407 e. The largest absolute Gasteiger partial charge is 0.453 e. The molecule has 12 nitrogen and oxygen atoms in total. The summed E-state index contributed by atoms with van der Waals surface area (Å²) in [6.07, 6.45) is 7.52. The third-order valence-electron chi connectivity index (χ3n) is 14.2. The van der Waals surface area contributed by atoms with E-state index in [1.165, 1.54) is 32.8 Å². The number of methoxy groups -OCH3 is 1. The van der Waals surface area contributed by atoms with Crippen LogP contribution in [-0.2, 0) is 14.3 Å². The number of fused-ring (bicyclic) bond motifs is 4. The SMILES string of the molecule is COC(=O)NC(C(=O)N1CCC[C@@H]1c1nc2ccc(-c3ccc(-c4ccc5nc([C@@H]6CCCN6C(=O)C(c6ccccc6)N6C7CCC6CC7)[nH]c5c4)cc3)cc2[nH]1)c1ccccc1. The zero-order valence-corrected chi connectivity index (χ0v) is 36.0. The molecule has 4 aliphatic heterocycles. The first-order valence-electron chi connectivity index (χ1n) is 22.8. The van der Waals surface area contributed by atoms with Gasteiger partial charge in [-0.05, 0) is 109 Å². The molecule has 0 saturated carbocycles. The molecule has 4 atom stereocenters. The van der Waals surface area contributed by atoms with Gasteiger partial charge in [0.1, 0.15) is 23.7 Å². The maximum absolute atomic E-state index is 14.7. The highest BCUT2D eigenvalue weighted by Gasteiger charge is 2.48. The van der Waals surface area contributed by atoms with Crippen LogP contribution in [0.3, 0.4) is 0 Å². The van der Waals surface area contributed by atoms with Crippen LogP contribution in [0.25, 0.3) is 44.3 Å². The number of H-pyrrole nitrogens is 2. The second-order valence-electron chi connectivity index (χ2n) is 17.9. The Bertz CT molecular complexity index is 2820. The Kier molecular flexibility index (Phi) is 10.5. The summed E-state index contributed by atoms with van der Waals surface area (Å²) < 4.78 is 4.86. The van der Waals surface area contributed by atoms with Crippen LogP contribution in [0.4, 0.5) is 4.79 Å². The number of nitrogens with one attached hydrogen (secondary N) is 3. The molecule has 324 valence electrons. The number of carbonyl (C=O) groups excluding carboxylic acids is 3. The van der Waals surface area contributed by atoms with Gasteiger partial charge in [-0.3, -0.25) is 14.5 Å². The summed E-state index contributed by atoms with van der Waals surface area (Å²) in [5.74, 6) is 1.60.